The SMILES string of the molecule is COc1cccc2nc(CN(C(=O)OC(C)(C)C)c3cc(NC[C@H]4CCN(C(=O)O)C[C@@H]4O)nc4c(C5CC5)cnn34)cn12. The number of ether oxygens (including phenoxy) is 2. The first-order valence-electron chi connectivity index (χ1n) is 14.8. The summed E-state index contributed by atoms with van der Waals surface area (Å²) in [6.45, 7) is 6.31. The molecule has 4 aromatic heterocycles. The lowest BCUT2D eigenvalue weighted by Gasteiger charge is -2.34. The van der Waals surface area contributed by atoms with Gasteiger partial charge in [0.05, 0.1) is 38.2 Å². The van der Waals surface area contributed by atoms with Crippen molar-refractivity contribution in [3.05, 3.63) is 47.9 Å². The van der Waals surface area contributed by atoms with Gasteiger partial charge in [0.25, 0.3) is 0 Å². The van der Waals surface area contributed by atoms with Crippen molar-refractivity contribution in [1.82, 2.24) is 28.9 Å². The lowest BCUT2D eigenvalue weighted by molar-refractivity contribution is 0.0294. The molecule has 1 aliphatic carbocycles. The van der Waals surface area contributed by atoms with E-state index in [-0.39, 0.29) is 19.0 Å². The average Bonchev–Trinajstić information content (AvgIpc) is 3.58. The van der Waals surface area contributed by atoms with Crippen molar-refractivity contribution in [2.24, 2.45) is 5.92 Å². The van der Waals surface area contributed by atoms with Crippen LogP contribution >= 0.6 is 0 Å². The Hall–Kier alpha value is -4.59. The van der Waals surface area contributed by atoms with Gasteiger partial charge in [-0.3, -0.25) is 9.30 Å². The minimum absolute atomic E-state index is 0.0596. The zero-order valence-corrected chi connectivity index (χ0v) is 25.3. The number of methoxy groups -OCH3 is 1. The molecule has 4 aromatic rings. The van der Waals surface area contributed by atoms with Gasteiger partial charge >= 0.3 is 12.2 Å². The number of piperidine rings is 1. The van der Waals surface area contributed by atoms with Gasteiger partial charge in [-0.15, -0.1) is 0 Å². The Kier molecular flexibility index (Phi) is 7.70. The van der Waals surface area contributed by atoms with Gasteiger partial charge in [-0.1, -0.05) is 6.07 Å². The maximum atomic E-state index is 13.8. The zero-order chi connectivity index (χ0) is 31.2. The number of carbonyl (C=O) groups excluding carboxylic acids is 1. The van der Waals surface area contributed by atoms with Crippen molar-refractivity contribution in [3.8, 4) is 5.88 Å². The number of aliphatic hydroxyl groups is 1. The lowest BCUT2D eigenvalue weighted by atomic mass is 9.94. The van der Waals surface area contributed by atoms with Crippen molar-refractivity contribution < 1.29 is 29.3 Å². The third-order valence-electron chi connectivity index (χ3n) is 7.96. The topological polar surface area (TPSA) is 159 Å². The maximum absolute atomic E-state index is 13.8. The van der Waals surface area contributed by atoms with E-state index in [2.05, 4.69) is 10.4 Å². The number of nitrogens with one attached hydrogen (secondary N) is 1. The van der Waals surface area contributed by atoms with Gasteiger partial charge in [0.2, 0.25) is 0 Å². The quantitative estimate of drug-likeness (QED) is 0.268. The maximum Gasteiger partial charge on any atom is 0.416 e. The Morgan fingerprint density at radius 3 is 2.66 bits per heavy atom. The standard InChI is InChI=1S/C30H38N8O6/c1-30(2,3)44-29(42)37(16-20-15-36-24(33-20)6-5-7-26(36)43-4)25-12-23(34-27-21(18-8-9-18)14-32-38(25)27)31-13-19-10-11-35(28(40)41)17-22(19)39/h5-7,12,14-15,18-19,22,39H,8-11,13,16-17H2,1-4H3,(H,31,34)(H,40,41)/t19-,22+/m1/s1. The second kappa shape index (κ2) is 11.5. The molecule has 0 spiro atoms. The molecule has 1 aliphatic heterocycles. The van der Waals surface area contributed by atoms with Crippen molar-refractivity contribution in [2.45, 2.75) is 64.2 Å². The number of rotatable bonds is 8. The minimum atomic E-state index is -1.04. The molecule has 5 heterocycles. The van der Waals surface area contributed by atoms with Crippen LogP contribution in [-0.4, -0.2) is 89.7 Å². The molecule has 2 fully saturated rings. The third kappa shape index (κ3) is 6.07. The second-order valence-corrected chi connectivity index (χ2v) is 12.4. The molecule has 0 unspecified atom stereocenters. The summed E-state index contributed by atoms with van der Waals surface area (Å²) in [6, 6.07) is 7.30. The molecule has 1 saturated carbocycles. The molecule has 0 bridgehead atoms. The van der Waals surface area contributed by atoms with E-state index >= 15 is 0 Å². The highest BCUT2D eigenvalue weighted by molar-refractivity contribution is 5.88. The Balaban J connectivity index is 1.37. The lowest BCUT2D eigenvalue weighted by Crippen LogP contribution is -2.47. The van der Waals surface area contributed by atoms with E-state index in [9.17, 15) is 19.8 Å². The molecule has 2 atom stereocenters. The smallest absolute Gasteiger partial charge is 0.416 e. The molecule has 0 radical (unpaired) electrons. The van der Waals surface area contributed by atoms with E-state index in [1.54, 1.807) is 17.7 Å². The Labute approximate surface area is 254 Å². The molecule has 44 heavy (non-hydrogen) atoms. The van der Waals surface area contributed by atoms with Gasteiger partial charge in [-0.05, 0) is 58.1 Å². The average molecular weight is 607 g/mol. The number of likely N-dealkylation sites (tertiary alicyclic amines) is 1. The number of β-amino-alcohol motifs (C(OH)–C–C–N with tert-alkyl or cyclic N) is 1. The fraction of sp³-hybridized carbons (Fsp3) is 0.500. The number of pyridine rings is 1. The molecule has 0 aromatic carbocycles. The largest absolute Gasteiger partial charge is 0.482 e. The first kappa shape index (κ1) is 29.5. The molecular formula is C30H38N8O6. The number of anilines is 2. The van der Waals surface area contributed by atoms with E-state index in [4.69, 9.17) is 19.4 Å². The highest BCUT2D eigenvalue weighted by atomic mass is 16.6. The first-order valence-corrected chi connectivity index (χ1v) is 14.8. The number of aliphatic hydroxyl groups excluding tert-OH is 1. The van der Waals surface area contributed by atoms with Crippen LogP contribution in [0, 0.1) is 5.92 Å². The predicted molar refractivity (Wildman–Crippen MR) is 161 cm³/mol. The molecule has 234 valence electrons. The number of carboxylic acid groups (broad SMARTS) is 1. The summed E-state index contributed by atoms with van der Waals surface area (Å²) < 4.78 is 14.8. The molecule has 3 N–H and O–H groups in total. The number of aromatic nitrogens is 5. The minimum Gasteiger partial charge on any atom is -0.482 e. The monoisotopic (exact) mass is 606 g/mol. The van der Waals surface area contributed by atoms with Gasteiger partial charge in [0, 0.05) is 36.8 Å². The Morgan fingerprint density at radius 2 is 1.98 bits per heavy atom. The van der Waals surface area contributed by atoms with Gasteiger partial charge in [-0.25, -0.2) is 19.6 Å². The van der Waals surface area contributed by atoms with Gasteiger partial charge in [0.1, 0.15) is 22.9 Å². The van der Waals surface area contributed by atoms with E-state index in [0.29, 0.717) is 59.9 Å². The summed E-state index contributed by atoms with van der Waals surface area (Å²) in [4.78, 5) is 37.5. The highest BCUT2D eigenvalue weighted by Gasteiger charge is 2.33. The molecular weight excluding hydrogens is 568 g/mol. The van der Waals surface area contributed by atoms with Crippen LogP contribution < -0.4 is 15.0 Å². The fourth-order valence-corrected chi connectivity index (χ4v) is 5.55. The van der Waals surface area contributed by atoms with Crippen LogP contribution in [0.3, 0.4) is 0 Å². The molecule has 1 saturated heterocycles. The Morgan fingerprint density at radius 1 is 1.18 bits per heavy atom. The van der Waals surface area contributed by atoms with E-state index in [1.165, 1.54) is 9.80 Å². The van der Waals surface area contributed by atoms with E-state index in [0.717, 1.165) is 18.4 Å². The van der Waals surface area contributed by atoms with Crippen molar-refractivity contribution in [2.75, 3.05) is 37.0 Å². The first-order chi connectivity index (χ1) is 21.0. The number of amides is 2. The summed E-state index contributed by atoms with van der Waals surface area (Å²) in [7, 11) is 1.59. The summed E-state index contributed by atoms with van der Waals surface area (Å²) in [5.41, 5.74) is 2.18. The number of carbonyl (C=O) groups is 2. The zero-order valence-electron chi connectivity index (χ0n) is 25.3. The molecule has 2 aliphatic rings. The van der Waals surface area contributed by atoms with Crippen molar-refractivity contribution in [1.29, 1.82) is 0 Å². The summed E-state index contributed by atoms with van der Waals surface area (Å²) in [5.74, 6) is 1.75. The van der Waals surface area contributed by atoms with Crippen LogP contribution in [-0.2, 0) is 11.3 Å². The fourth-order valence-electron chi connectivity index (χ4n) is 5.55. The number of imidazole rings is 1. The third-order valence-corrected chi connectivity index (χ3v) is 7.96. The van der Waals surface area contributed by atoms with Gasteiger partial charge in [-0.2, -0.15) is 9.61 Å². The predicted octanol–water partition coefficient (Wildman–Crippen LogP) is 3.98. The van der Waals surface area contributed by atoms with Crippen LogP contribution in [0.5, 0.6) is 5.88 Å². The van der Waals surface area contributed by atoms with E-state index < -0.39 is 23.9 Å². The van der Waals surface area contributed by atoms with Crippen LogP contribution in [0.25, 0.3) is 11.3 Å². The van der Waals surface area contributed by atoms with Gasteiger partial charge < -0.3 is 29.9 Å². The summed E-state index contributed by atoms with van der Waals surface area (Å²) in [5, 5.41) is 27.9. The number of hydrogen-bond donors (Lipinski definition) is 3. The van der Waals surface area contributed by atoms with E-state index in [1.807, 2.05) is 55.8 Å². The van der Waals surface area contributed by atoms with Crippen LogP contribution in [0.2, 0.25) is 0 Å². The normalized spacial score (nSPS) is 18.9. The summed E-state index contributed by atoms with van der Waals surface area (Å²) in [6.07, 6.45) is 3.82. The molecule has 6 rings (SSSR count). The second-order valence-electron chi connectivity index (χ2n) is 12.4. The van der Waals surface area contributed by atoms with Crippen LogP contribution in [0.1, 0.15) is 57.2 Å². The number of fused-ring (bicyclic) bond motifs is 2. The molecule has 2 amide bonds. The van der Waals surface area contributed by atoms with Crippen LogP contribution in [0.4, 0.5) is 21.2 Å². The Bertz CT molecular complexity index is 1690. The van der Waals surface area contributed by atoms with Crippen molar-refractivity contribution >= 4 is 35.1 Å². The molecule has 14 heteroatoms. The highest BCUT2D eigenvalue weighted by Crippen LogP contribution is 2.42. The van der Waals surface area contributed by atoms with Crippen LogP contribution in [0.15, 0.2) is 36.7 Å². The van der Waals surface area contributed by atoms with Gasteiger partial charge in [0.15, 0.2) is 11.5 Å². The van der Waals surface area contributed by atoms with Crippen molar-refractivity contribution in [3.63, 3.8) is 0 Å². The number of nitrogens with zero attached hydrogens (tertiary/aromatic N) is 7. The number of hydrogen-bond acceptors (Lipinski definition) is 9. The molecule has 14 nitrogen and oxygen atoms in total. The summed E-state index contributed by atoms with van der Waals surface area (Å²) >= 11 is 0.